The van der Waals surface area contributed by atoms with Crippen LogP contribution in [0.4, 0.5) is 17.6 Å². The summed E-state index contributed by atoms with van der Waals surface area (Å²) in [4.78, 5) is 10.8. The summed E-state index contributed by atoms with van der Waals surface area (Å²) in [6.07, 6.45) is 1.25. The Morgan fingerprint density at radius 1 is 1.32 bits per heavy atom. The molecule has 0 saturated carbocycles. The van der Waals surface area contributed by atoms with Crippen molar-refractivity contribution in [3.63, 3.8) is 0 Å². The van der Waals surface area contributed by atoms with Gasteiger partial charge in [-0.3, -0.25) is 0 Å². The average molecular weight is 264 g/mol. The van der Waals surface area contributed by atoms with Gasteiger partial charge in [-0.05, 0) is 32.4 Å². The molecule has 1 saturated heterocycles. The second-order valence-electron chi connectivity index (χ2n) is 4.96. The zero-order valence-electron chi connectivity index (χ0n) is 11.8. The van der Waals surface area contributed by atoms with E-state index in [9.17, 15) is 0 Å². The van der Waals surface area contributed by atoms with E-state index < -0.39 is 0 Å². The third-order valence-electron chi connectivity index (χ3n) is 3.49. The Balaban J connectivity index is 1.88. The quantitative estimate of drug-likeness (QED) is 0.717. The highest BCUT2D eigenvalue weighted by Gasteiger charge is 2.20. The summed E-state index contributed by atoms with van der Waals surface area (Å²) < 4.78 is 0. The number of nitrogens with two attached hydrogens (primary N) is 1. The lowest BCUT2D eigenvalue weighted by Crippen LogP contribution is -2.22. The molecule has 0 radical (unpaired) electrons. The van der Waals surface area contributed by atoms with Crippen molar-refractivity contribution in [3.8, 4) is 0 Å². The predicted molar refractivity (Wildman–Crippen MR) is 79.3 cm³/mol. The standard InChI is InChI=1S/C13H24N6/c1-3-15-11-7-12(18-13(14)17-11)16-8-10-5-6-19(4-2)9-10/h7,10H,3-6,8-9H2,1-2H3,(H4,14,15,16,17,18). The van der Waals surface area contributed by atoms with Gasteiger partial charge in [-0.15, -0.1) is 0 Å². The van der Waals surface area contributed by atoms with Crippen LogP contribution in [0.15, 0.2) is 6.07 Å². The zero-order valence-corrected chi connectivity index (χ0v) is 11.8. The molecule has 1 aliphatic rings. The molecule has 1 fully saturated rings. The number of anilines is 3. The molecule has 1 atom stereocenters. The normalized spacial score (nSPS) is 19.6. The first-order valence-electron chi connectivity index (χ1n) is 7.06. The first-order valence-corrected chi connectivity index (χ1v) is 7.06. The van der Waals surface area contributed by atoms with E-state index in [-0.39, 0.29) is 0 Å². The SMILES string of the molecule is CCNc1cc(NCC2CCN(CC)C2)nc(N)n1. The molecule has 6 nitrogen and oxygen atoms in total. The summed E-state index contributed by atoms with van der Waals surface area (Å²) in [5, 5.41) is 6.53. The van der Waals surface area contributed by atoms with Gasteiger partial charge in [0.1, 0.15) is 11.6 Å². The molecule has 0 bridgehead atoms. The molecule has 6 heteroatoms. The maximum absolute atomic E-state index is 5.71. The number of likely N-dealkylation sites (tertiary alicyclic amines) is 1. The Morgan fingerprint density at radius 3 is 2.68 bits per heavy atom. The van der Waals surface area contributed by atoms with Crippen molar-refractivity contribution in [2.75, 3.05) is 49.1 Å². The maximum Gasteiger partial charge on any atom is 0.223 e. The fourth-order valence-electron chi connectivity index (χ4n) is 2.44. The minimum atomic E-state index is 0.308. The zero-order chi connectivity index (χ0) is 13.7. The van der Waals surface area contributed by atoms with E-state index in [1.807, 2.05) is 13.0 Å². The van der Waals surface area contributed by atoms with Gasteiger partial charge >= 0.3 is 0 Å². The maximum atomic E-state index is 5.71. The van der Waals surface area contributed by atoms with Crippen molar-refractivity contribution in [1.82, 2.24) is 14.9 Å². The highest BCUT2D eigenvalue weighted by Crippen LogP contribution is 2.17. The largest absolute Gasteiger partial charge is 0.370 e. The summed E-state index contributed by atoms with van der Waals surface area (Å²) in [6.45, 7) is 9.53. The Bertz CT molecular complexity index is 408. The van der Waals surface area contributed by atoms with E-state index in [4.69, 9.17) is 5.73 Å². The van der Waals surface area contributed by atoms with E-state index in [1.165, 1.54) is 19.5 Å². The van der Waals surface area contributed by atoms with Crippen LogP contribution in [0.2, 0.25) is 0 Å². The first-order chi connectivity index (χ1) is 9.21. The number of rotatable bonds is 6. The number of hydrogen-bond donors (Lipinski definition) is 3. The van der Waals surface area contributed by atoms with Gasteiger partial charge in [0.15, 0.2) is 0 Å². The summed E-state index contributed by atoms with van der Waals surface area (Å²) >= 11 is 0. The molecule has 4 N–H and O–H groups in total. The second kappa shape index (κ2) is 6.56. The highest BCUT2D eigenvalue weighted by atomic mass is 15.2. The topological polar surface area (TPSA) is 79.1 Å². The molecule has 0 aliphatic carbocycles. The number of hydrogen-bond acceptors (Lipinski definition) is 6. The van der Waals surface area contributed by atoms with Crippen LogP contribution in [0.5, 0.6) is 0 Å². The van der Waals surface area contributed by atoms with Crippen LogP contribution in [-0.2, 0) is 0 Å². The fraction of sp³-hybridized carbons (Fsp3) is 0.692. The summed E-state index contributed by atoms with van der Waals surface area (Å²) in [6, 6.07) is 1.91. The van der Waals surface area contributed by atoms with Gasteiger partial charge in [-0.1, -0.05) is 6.92 Å². The van der Waals surface area contributed by atoms with E-state index in [0.717, 1.165) is 31.3 Å². The van der Waals surface area contributed by atoms with Crippen molar-refractivity contribution >= 4 is 17.6 Å². The predicted octanol–water partition coefficient (Wildman–Crippen LogP) is 1.24. The molecule has 1 aromatic heterocycles. The van der Waals surface area contributed by atoms with Crippen LogP contribution in [-0.4, -0.2) is 47.6 Å². The number of aromatic nitrogens is 2. The number of nitrogens with zero attached hydrogens (tertiary/aromatic N) is 3. The van der Waals surface area contributed by atoms with Crippen molar-refractivity contribution < 1.29 is 0 Å². The van der Waals surface area contributed by atoms with Gasteiger partial charge in [0, 0.05) is 25.7 Å². The van der Waals surface area contributed by atoms with Crippen LogP contribution in [0.25, 0.3) is 0 Å². The smallest absolute Gasteiger partial charge is 0.223 e. The molecule has 1 aliphatic heterocycles. The second-order valence-corrected chi connectivity index (χ2v) is 4.96. The van der Waals surface area contributed by atoms with Gasteiger partial charge in [0.25, 0.3) is 0 Å². The monoisotopic (exact) mass is 264 g/mol. The molecular weight excluding hydrogens is 240 g/mol. The van der Waals surface area contributed by atoms with Gasteiger partial charge < -0.3 is 21.3 Å². The molecule has 1 unspecified atom stereocenters. The Labute approximate surface area is 114 Å². The minimum Gasteiger partial charge on any atom is -0.370 e. The van der Waals surface area contributed by atoms with Crippen LogP contribution >= 0.6 is 0 Å². The summed E-state index contributed by atoms with van der Waals surface area (Å²) in [7, 11) is 0. The molecule has 0 amide bonds. The van der Waals surface area contributed by atoms with Crippen LogP contribution in [0.1, 0.15) is 20.3 Å². The van der Waals surface area contributed by atoms with E-state index in [2.05, 4.69) is 32.4 Å². The van der Waals surface area contributed by atoms with Crippen LogP contribution in [0, 0.1) is 5.92 Å². The van der Waals surface area contributed by atoms with E-state index in [0.29, 0.717) is 11.9 Å². The Kier molecular flexibility index (Phi) is 4.79. The molecule has 2 heterocycles. The van der Waals surface area contributed by atoms with Crippen molar-refractivity contribution in [2.45, 2.75) is 20.3 Å². The Morgan fingerprint density at radius 2 is 2.05 bits per heavy atom. The lowest BCUT2D eigenvalue weighted by Gasteiger charge is -2.14. The molecule has 19 heavy (non-hydrogen) atoms. The van der Waals surface area contributed by atoms with Crippen molar-refractivity contribution in [1.29, 1.82) is 0 Å². The van der Waals surface area contributed by atoms with Gasteiger partial charge in [0.2, 0.25) is 5.95 Å². The summed E-state index contributed by atoms with van der Waals surface area (Å²) in [5.74, 6) is 2.58. The van der Waals surface area contributed by atoms with E-state index >= 15 is 0 Å². The molecular formula is C13H24N6. The minimum absolute atomic E-state index is 0.308. The van der Waals surface area contributed by atoms with Crippen LogP contribution in [0.3, 0.4) is 0 Å². The van der Waals surface area contributed by atoms with Crippen LogP contribution < -0.4 is 16.4 Å². The molecule has 106 valence electrons. The fourth-order valence-corrected chi connectivity index (χ4v) is 2.44. The molecule has 2 rings (SSSR count). The Hall–Kier alpha value is -1.56. The molecule has 0 spiro atoms. The first kappa shape index (κ1) is 13.9. The molecule has 0 aromatic carbocycles. The average Bonchev–Trinajstić information content (AvgIpc) is 2.84. The summed E-state index contributed by atoms with van der Waals surface area (Å²) in [5.41, 5.74) is 5.71. The van der Waals surface area contributed by atoms with Gasteiger partial charge in [-0.25, -0.2) is 0 Å². The number of nitrogens with one attached hydrogen (secondary N) is 2. The van der Waals surface area contributed by atoms with Crippen molar-refractivity contribution in [3.05, 3.63) is 6.07 Å². The number of nitrogen functional groups attached to an aromatic ring is 1. The van der Waals surface area contributed by atoms with E-state index in [1.54, 1.807) is 0 Å². The third kappa shape index (κ3) is 3.96. The lowest BCUT2D eigenvalue weighted by molar-refractivity contribution is 0.345. The third-order valence-corrected chi connectivity index (χ3v) is 3.49. The van der Waals surface area contributed by atoms with Gasteiger partial charge in [-0.2, -0.15) is 9.97 Å². The highest BCUT2D eigenvalue weighted by molar-refractivity contribution is 5.50. The lowest BCUT2D eigenvalue weighted by atomic mass is 10.1. The van der Waals surface area contributed by atoms with Crippen molar-refractivity contribution in [2.24, 2.45) is 5.92 Å². The molecule has 1 aromatic rings. The van der Waals surface area contributed by atoms with Gasteiger partial charge in [0.05, 0.1) is 0 Å².